The summed E-state index contributed by atoms with van der Waals surface area (Å²) in [4.78, 5) is 24.6. The van der Waals surface area contributed by atoms with Crippen LogP contribution < -0.4 is 10.5 Å². The molecule has 0 fully saturated rings. The van der Waals surface area contributed by atoms with Crippen molar-refractivity contribution in [3.63, 3.8) is 0 Å². The van der Waals surface area contributed by atoms with Gasteiger partial charge in [0.2, 0.25) is 11.8 Å². The first-order valence-electron chi connectivity index (χ1n) is 7.03. The van der Waals surface area contributed by atoms with Crippen molar-refractivity contribution < 1.29 is 14.3 Å². The number of hydrogen-bond acceptors (Lipinski definition) is 3. The lowest BCUT2D eigenvalue weighted by atomic mass is 9.96. The molecule has 0 spiro atoms. The van der Waals surface area contributed by atoms with Crippen LogP contribution in [0, 0.1) is 0 Å². The molecule has 0 aliphatic carbocycles. The Kier molecular flexibility index (Phi) is 4.65. The highest BCUT2D eigenvalue weighted by molar-refractivity contribution is 5.90. The average Bonchev–Trinajstić information content (AvgIpc) is 2.51. The molecule has 0 aromatic heterocycles. The van der Waals surface area contributed by atoms with E-state index in [1.807, 2.05) is 43.3 Å². The summed E-state index contributed by atoms with van der Waals surface area (Å²) in [5, 5.41) is 2.09. The van der Waals surface area contributed by atoms with Gasteiger partial charge in [0.15, 0.2) is 0 Å². The van der Waals surface area contributed by atoms with Crippen LogP contribution in [0.5, 0.6) is 5.75 Å². The van der Waals surface area contributed by atoms with E-state index >= 15 is 0 Å². The summed E-state index contributed by atoms with van der Waals surface area (Å²) in [7, 11) is 3.21. The van der Waals surface area contributed by atoms with E-state index in [9.17, 15) is 9.59 Å². The zero-order valence-electron chi connectivity index (χ0n) is 13.0. The molecule has 2 rings (SSSR count). The van der Waals surface area contributed by atoms with E-state index in [1.165, 1.54) is 4.90 Å². The van der Waals surface area contributed by atoms with Gasteiger partial charge in [0.1, 0.15) is 5.75 Å². The van der Waals surface area contributed by atoms with Crippen molar-refractivity contribution in [1.29, 1.82) is 0 Å². The predicted molar refractivity (Wildman–Crippen MR) is 85.7 cm³/mol. The van der Waals surface area contributed by atoms with Gasteiger partial charge >= 0.3 is 0 Å². The van der Waals surface area contributed by atoms with Gasteiger partial charge < -0.3 is 15.4 Å². The van der Waals surface area contributed by atoms with E-state index in [0.29, 0.717) is 0 Å². The molecular weight excluding hydrogens is 280 g/mol. The van der Waals surface area contributed by atoms with Gasteiger partial charge in [0.05, 0.1) is 19.6 Å². The Morgan fingerprint density at radius 1 is 1.18 bits per heavy atom. The molecule has 0 heterocycles. The Bertz CT molecular complexity index is 712. The number of nitrogens with zero attached hydrogens (tertiary/aromatic N) is 1. The quantitative estimate of drug-likeness (QED) is 0.916. The Balaban J connectivity index is 2.26. The fraction of sp³-hybridized carbons (Fsp3) is 0.294. The summed E-state index contributed by atoms with van der Waals surface area (Å²) in [5.41, 5.74) is 6.03. The van der Waals surface area contributed by atoms with Crippen LogP contribution >= 0.6 is 0 Å². The molecule has 0 saturated carbocycles. The number of nitrogens with two attached hydrogens (primary N) is 1. The highest BCUT2D eigenvalue weighted by Gasteiger charge is 2.20. The summed E-state index contributed by atoms with van der Waals surface area (Å²) in [6.07, 6.45) is 0. The minimum absolute atomic E-state index is 0.0754. The standard InChI is InChI=1S/C17H20N2O3/c1-11(17(21)19(2)10-16(18)20)12-4-5-14-9-15(22-3)7-6-13(14)8-12/h4-9,11H,10H2,1-3H3,(H2,18,20)/t11-/m1/s1. The number of ether oxygens (including phenoxy) is 1. The molecule has 0 bridgehead atoms. The van der Waals surface area contributed by atoms with Crippen molar-refractivity contribution in [3.8, 4) is 5.75 Å². The average molecular weight is 300 g/mol. The lowest BCUT2D eigenvalue weighted by Gasteiger charge is -2.20. The number of amides is 2. The second-order valence-electron chi connectivity index (χ2n) is 5.35. The maximum absolute atomic E-state index is 12.3. The largest absolute Gasteiger partial charge is 0.497 e. The van der Waals surface area contributed by atoms with Crippen molar-refractivity contribution in [2.24, 2.45) is 5.73 Å². The number of benzene rings is 2. The normalized spacial score (nSPS) is 12.0. The number of fused-ring (bicyclic) bond motifs is 1. The third-order valence-corrected chi connectivity index (χ3v) is 3.71. The smallest absolute Gasteiger partial charge is 0.237 e. The second-order valence-corrected chi connectivity index (χ2v) is 5.35. The molecule has 1 atom stereocenters. The fourth-order valence-electron chi connectivity index (χ4n) is 2.42. The molecule has 0 aliphatic rings. The lowest BCUT2D eigenvalue weighted by molar-refractivity contribution is -0.134. The molecule has 2 aromatic carbocycles. The molecule has 2 aromatic rings. The molecule has 2 N–H and O–H groups in total. The summed E-state index contributed by atoms with van der Waals surface area (Å²) in [5.74, 6) is -0.193. The third kappa shape index (κ3) is 3.36. The Morgan fingerprint density at radius 3 is 2.45 bits per heavy atom. The van der Waals surface area contributed by atoms with Gasteiger partial charge in [-0.25, -0.2) is 0 Å². The highest BCUT2D eigenvalue weighted by atomic mass is 16.5. The summed E-state index contributed by atoms with van der Waals surface area (Å²) < 4.78 is 5.20. The third-order valence-electron chi connectivity index (χ3n) is 3.71. The van der Waals surface area contributed by atoms with Crippen LogP contribution in [0.1, 0.15) is 18.4 Å². The maximum atomic E-state index is 12.3. The molecule has 5 nitrogen and oxygen atoms in total. The van der Waals surface area contributed by atoms with Crippen LogP contribution in [0.25, 0.3) is 10.8 Å². The van der Waals surface area contributed by atoms with Crippen LogP contribution in [-0.4, -0.2) is 37.4 Å². The first kappa shape index (κ1) is 15.8. The van der Waals surface area contributed by atoms with Gasteiger partial charge in [-0.15, -0.1) is 0 Å². The summed E-state index contributed by atoms with van der Waals surface area (Å²) >= 11 is 0. The molecule has 0 aliphatic heterocycles. The SMILES string of the molecule is COc1ccc2cc([C@@H](C)C(=O)N(C)CC(N)=O)ccc2c1. The number of hydrogen-bond donors (Lipinski definition) is 1. The van der Waals surface area contributed by atoms with Crippen LogP contribution in [0.2, 0.25) is 0 Å². The first-order valence-corrected chi connectivity index (χ1v) is 7.03. The van der Waals surface area contributed by atoms with Gasteiger partial charge in [-0.05, 0) is 35.4 Å². The second kappa shape index (κ2) is 6.47. The van der Waals surface area contributed by atoms with Crippen molar-refractivity contribution in [1.82, 2.24) is 4.90 Å². The van der Waals surface area contributed by atoms with Crippen molar-refractivity contribution in [2.75, 3.05) is 20.7 Å². The minimum atomic E-state index is -0.520. The topological polar surface area (TPSA) is 72.6 Å². The number of carbonyl (C=O) groups is 2. The van der Waals surface area contributed by atoms with Gasteiger partial charge in [-0.1, -0.05) is 24.3 Å². The van der Waals surface area contributed by atoms with Crippen LogP contribution in [0.3, 0.4) is 0 Å². The maximum Gasteiger partial charge on any atom is 0.237 e. The van der Waals surface area contributed by atoms with E-state index in [1.54, 1.807) is 14.2 Å². The summed E-state index contributed by atoms with van der Waals surface area (Å²) in [6, 6.07) is 11.7. The molecule has 0 radical (unpaired) electrons. The van der Waals surface area contributed by atoms with E-state index in [0.717, 1.165) is 22.1 Å². The number of methoxy groups -OCH3 is 1. The Hall–Kier alpha value is -2.56. The van der Waals surface area contributed by atoms with Gasteiger partial charge in [0, 0.05) is 7.05 Å². The van der Waals surface area contributed by atoms with E-state index in [-0.39, 0.29) is 18.4 Å². The molecular formula is C17H20N2O3. The van der Waals surface area contributed by atoms with E-state index < -0.39 is 5.91 Å². The monoisotopic (exact) mass is 300 g/mol. The van der Waals surface area contributed by atoms with Crippen LogP contribution in [0.15, 0.2) is 36.4 Å². The summed E-state index contributed by atoms with van der Waals surface area (Å²) in [6.45, 7) is 1.75. The Labute approximate surface area is 129 Å². The van der Waals surface area contributed by atoms with Crippen LogP contribution in [0.4, 0.5) is 0 Å². The van der Waals surface area contributed by atoms with E-state index in [4.69, 9.17) is 10.5 Å². The first-order chi connectivity index (χ1) is 10.4. The molecule has 0 unspecified atom stereocenters. The molecule has 22 heavy (non-hydrogen) atoms. The van der Waals surface area contributed by atoms with Crippen molar-refractivity contribution >= 4 is 22.6 Å². The van der Waals surface area contributed by atoms with Gasteiger partial charge in [0.25, 0.3) is 0 Å². The highest BCUT2D eigenvalue weighted by Crippen LogP contribution is 2.25. The zero-order valence-corrected chi connectivity index (χ0v) is 13.0. The van der Waals surface area contributed by atoms with Crippen LogP contribution in [-0.2, 0) is 9.59 Å². The number of rotatable bonds is 5. The number of likely N-dealkylation sites (N-methyl/N-ethyl adjacent to an activating group) is 1. The van der Waals surface area contributed by atoms with Gasteiger partial charge in [-0.3, -0.25) is 9.59 Å². The lowest BCUT2D eigenvalue weighted by Crippen LogP contribution is -2.37. The molecule has 116 valence electrons. The van der Waals surface area contributed by atoms with Gasteiger partial charge in [-0.2, -0.15) is 0 Å². The van der Waals surface area contributed by atoms with E-state index in [2.05, 4.69) is 0 Å². The zero-order chi connectivity index (χ0) is 16.3. The number of primary amides is 1. The fourth-order valence-corrected chi connectivity index (χ4v) is 2.42. The minimum Gasteiger partial charge on any atom is -0.497 e. The Morgan fingerprint density at radius 2 is 1.82 bits per heavy atom. The number of carbonyl (C=O) groups excluding carboxylic acids is 2. The molecule has 0 saturated heterocycles. The molecule has 5 heteroatoms. The molecule has 2 amide bonds. The van der Waals surface area contributed by atoms with Crippen molar-refractivity contribution in [2.45, 2.75) is 12.8 Å². The predicted octanol–water partition coefficient (Wildman–Crippen LogP) is 1.90. The van der Waals surface area contributed by atoms with Crippen molar-refractivity contribution in [3.05, 3.63) is 42.0 Å².